The highest BCUT2D eigenvalue weighted by molar-refractivity contribution is 7.99. The van der Waals surface area contributed by atoms with Gasteiger partial charge in [0.25, 0.3) is 0 Å². The first-order valence-electron chi connectivity index (χ1n) is 7.32. The van der Waals surface area contributed by atoms with E-state index in [2.05, 4.69) is 15.6 Å². The van der Waals surface area contributed by atoms with Crippen molar-refractivity contribution in [3.63, 3.8) is 0 Å². The molecule has 0 bridgehead atoms. The first-order valence-corrected chi connectivity index (χ1v) is 8.47. The largest absolute Gasteiger partial charge is 0.492 e. The number of nitrogens with zero attached hydrogens (tertiary/aromatic N) is 1. The second kappa shape index (κ2) is 8.82. The van der Waals surface area contributed by atoms with Gasteiger partial charge in [-0.15, -0.1) is 0 Å². The minimum Gasteiger partial charge on any atom is -0.492 e. The fourth-order valence-corrected chi connectivity index (χ4v) is 3.22. The van der Waals surface area contributed by atoms with Crippen LogP contribution < -0.4 is 15.4 Å². The Morgan fingerprint density at radius 3 is 2.95 bits per heavy atom. The molecule has 1 aromatic carbocycles. The summed E-state index contributed by atoms with van der Waals surface area (Å²) in [5, 5.41) is 6.52. The van der Waals surface area contributed by atoms with E-state index in [-0.39, 0.29) is 0 Å². The third-order valence-electron chi connectivity index (χ3n) is 3.28. The van der Waals surface area contributed by atoms with E-state index >= 15 is 0 Å². The normalized spacial score (nSPS) is 18.9. The third-order valence-corrected chi connectivity index (χ3v) is 4.49. The summed E-state index contributed by atoms with van der Waals surface area (Å²) >= 11 is 1.95. The highest BCUT2D eigenvalue weighted by atomic mass is 32.2. The van der Waals surface area contributed by atoms with E-state index in [0.29, 0.717) is 24.9 Å². The first-order chi connectivity index (χ1) is 10.7. The number of benzene rings is 1. The quantitative estimate of drug-likeness (QED) is 0.495. The predicted molar refractivity (Wildman–Crippen MR) is 86.7 cm³/mol. The van der Waals surface area contributed by atoms with Crippen LogP contribution in [0.2, 0.25) is 0 Å². The Morgan fingerprint density at radius 2 is 2.27 bits per heavy atom. The molecule has 1 aromatic rings. The maximum Gasteiger partial charge on any atom is 0.191 e. The van der Waals surface area contributed by atoms with E-state index in [9.17, 15) is 8.78 Å². The van der Waals surface area contributed by atoms with Crippen molar-refractivity contribution in [3.8, 4) is 5.75 Å². The van der Waals surface area contributed by atoms with Crippen LogP contribution >= 0.6 is 11.8 Å². The number of guanidine groups is 1. The Kier molecular flexibility index (Phi) is 6.76. The maximum absolute atomic E-state index is 13.0. The van der Waals surface area contributed by atoms with Gasteiger partial charge in [-0.2, -0.15) is 11.8 Å². The third kappa shape index (κ3) is 5.36. The summed E-state index contributed by atoms with van der Waals surface area (Å²) in [5.74, 6) is 1.59. The van der Waals surface area contributed by atoms with Gasteiger partial charge in [0.1, 0.15) is 12.4 Å². The van der Waals surface area contributed by atoms with Gasteiger partial charge in [-0.05, 0) is 30.7 Å². The molecule has 0 amide bonds. The lowest BCUT2D eigenvalue weighted by Gasteiger charge is -2.24. The Labute approximate surface area is 133 Å². The van der Waals surface area contributed by atoms with E-state index in [4.69, 9.17) is 4.74 Å². The van der Waals surface area contributed by atoms with E-state index in [1.165, 1.54) is 18.2 Å². The van der Waals surface area contributed by atoms with Gasteiger partial charge >= 0.3 is 0 Å². The molecule has 1 unspecified atom stereocenters. The topological polar surface area (TPSA) is 45.7 Å². The lowest BCUT2D eigenvalue weighted by molar-refractivity contribution is 0.318. The van der Waals surface area contributed by atoms with Gasteiger partial charge in [0.2, 0.25) is 0 Å². The Balaban J connectivity index is 1.68. The molecule has 22 heavy (non-hydrogen) atoms. The van der Waals surface area contributed by atoms with Crippen molar-refractivity contribution in [1.82, 2.24) is 10.6 Å². The molecule has 1 aliphatic heterocycles. The van der Waals surface area contributed by atoms with Crippen molar-refractivity contribution in [3.05, 3.63) is 29.8 Å². The van der Waals surface area contributed by atoms with Crippen LogP contribution in [-0.2, 0) is 0 Å². The molecular weight excluding hydrogens is 308 g/mol. The van der Waals surface area contributed by atoms with Gasteiger partial charge in [-0.1, -0.05) is 0 Å². The maximum atomic E-state index is 13.0. The Hall–Kier alpha value is -1.50. The van der Waals surface area contributed by atoms with Crippen LogP contribution in [0.1, 0.15) is 12.8 Å². The molecule has 1 atom stereocenters. The molecule has 0 radical (unpaired) electrons. The predicted octanol–water partition coefficient (Wildman–Crippen LogP) is 2.40. The molecule has 1 aliphatic rings. The number of hydrogen-bond acceptors (Lipinski definition) is 3. The molecule has 1 fully saturated rings. The molecule has 0 saturated carbocycles. The van der Waals surface area contributed by atoms with E-state index in [1.807, 2.05) is 11.8 Å². The van der Waals surface area contributed by atoms with Crippen LogP contribution in [0, 0.1) is 11.6 Å². The molecule has 2 N–H and O–H groups in total. The number of rotatable bonds is 5. The SMILES string of the molecule is CN=C(NCCOc1ccc(F)c(F)c1)NC1CCCSC1. The van der Waals surface area contributed by atoms with Crippen LogP contribution in [0.15, 0.2) is 23.2 Å². The zero-order chi connectivity index (χ0) is 15.8. The molecule has 0 spiro atoms. The molecular formula is C15H21F2N3OS. The highest BCUT2D eigenvalue weighted by Crippen LogP contribution is 2.17. The van der Waals surface area contributed by atoms with Crippen molar-refractivity contribution in [2.24, 2.45) is 4.99 Å². The summed E-state index contributed by atoms with van der Waals surface area (Å²) in [4.78, 5) is 4.17. The molecule has 4 nitrogen and oxygen atoms in total. The summed E-state index contributed by atoms with van der Waals surface area (Å²) < 4.78 is 31.2. The van der Waals surface area contributed by atoms with Gasteiger partial charge in [0.15, 0.2) is 17.6 Å². The van der Waals surface area contributed by atoms with Crippen molar-refractivity contribution < 1.29 is 13.5 Å². The zero-order valence-electron chi connectivity index (χ0n) is 12.6. The van der Waals surface area contributed by atoms with E-state index in [1.54, 1.807) is 7.05 Å². The minimum absolute atomic E-state index is 0.312. The number of hydrogen-bond donors (Lipinski definition) is 2. The summed E-state index contributed by atoms with van der Waals surface area (Å²) in [5.41, 5.74) is 0. The second-order valence-electron chi connectivity index (χ2n) is 4.98. The number of thioether (sulfide) groups is 1. The van der Waals surface area contributed by atoms with Gasteiger partial charge in [0.05, 0.1) is 6.54 Å². The van der Waals surface area contributed by atoms with Crippen LogP contribution in [0.4, 0.5) is 8.78 Å². The second-order valence-corrected chi connectivity index (χ2v) is 6.13. The molecule has 0 aliphatic carbocycles. The van der Waals surface area contributed by atoms with Gasteiger partial charge < -0.3 is 15.4 Å². The van der Waals surface area contributed by atoms with Crippen molar-refractivity contribution in [1.29, 1.82) is 0 Å². The summed E-state index contributed by atoms with van der Waals surface area (Å²) in [6.07, 6.45) is 2.37. The average Bonchev–Trinajstić information content (AvgIpc) is 2.54. The van der Waals surface area contributed by atoms with Crippen LogP contribution in [0.25, 0.3) is 0 Å². The Bertz CT molecular complexity index is 508. The molecule has 2 rings (SSSR count). The smallest absolute Gasteiger partial charge is 0.191 e. The summed E-state index contributed by atoms with van der Waals surface area (Å²) in [7, 11) is 1.72. The van der Waals surface area contributed by atoms with Crippen LogP contribution in [0.3, 0.4) is 0 Å². The number of aliphatic imine (C=N–C) groups is 1. The molecule has 0 aromatic heterocycles. The van der Waals surface area contributed by atoms with E-state index in [0.717, 1.165) is 30.3 Å². The van der Waals surface area contributed by atoms with Gasteiger partial charge in [0, 0.05) is 24.9 Å². The Morgan fingerprint density at radius 1 is 1.41 bits per heavy atom. The lowest BCUT2D eigenvalue weighted by atomic mass is 10.2. The van der Waals surface area contributed by atoms with Crippen LogP contribution in [0.5, 0.6) is 5.75 Å². The lowest BCUT2D eigenvalue weighted by Crippen LogP contribution is -2.46. The minimum atomic E-state index is -0.905. The molecule has 1 saturated heterocycles. The molecule has 122 valence electrons. The van der Waals surface area contributed by atoms with Gasteiger partial charge in [-0.25, -0.2) is 8.78 Å². The van der Waals surface area contributed by atoms with Gasteiger partial charge in [-0.3, -0.25) is 4.99 Å². The van der Waals surface area contributed by atoms with E-state index < -0.39 is 11.6 Å². The van der Waals surface area contributed by atoms with Crippen molar-refractivity contribution >= 4 is 17.7 Å². The highest BCUT2D eigenvalue weighted by Gasteiger charge is 2.14. The molecule has 7 heteroatoms. The number of halogens is 2. The summed E-state index contributed by atoms with van der Waals surface area (Å²) in [6.45, 7) is 0.865. The monoisotopic (exact) mass is 329 g/mol. The fraction of sp³-hybridized carbons (Fsp3) is 0.533. The number of nitrogens with one attached hydrogen (secondary N) is 2. The fourth-order valence-electron chi connectivity index (χ4n) is 2.15. The number of ether oxygens (including phenoxy) is 1. The molecule has 1 heterocycles. The standard InChI is InChI=1S/C15H21F2N3OS/c1-18-15(20-11-3-2-8-22-10-11)19-6-7-21-12-4-5-13(16)14(17)9-12/h4-5,9,11H,2-3,6-8,10H2,1H3,(H2,18,19,20). The van der Waals surface area contributed by atoms with Crippen LogP contribution in [-0.4, -0.2) is 43.7 Å². The summed E-state index contributed by atoms with van der Waals surface area (Å²) in [6, 6.07) is 3.95. The average molecular weight is 329 g/mol. The first kappa shape index (κ1) is 16.9. The van der Waals surface area contributed by atoms with Crippen molar-refractivity contribution in [2.45, 2.75) is 18.9 Å². The zero-order valence-corrected chi connectivity index (χ0v) is 13.4. The van der Waals surface area contributed by atoms with Crippen molar-refractivity contribution in [2.75, 3.05) is 31.7 Å².